The van der Waals surface area contributed by atoms with E-state index in [1.165, 1.54) is 231 Å². The molecule has 0 aliphatic heterocycles. The number of ether oxygens (including phenoxy) is 4. The highest BCUT2D eigenvalue weighted by Crippen LogP contribution is 2.45. The van der Waals surface area contributed by atoms with E-state index in [-0.39, 0.29) is 25.7 Å². The van der Waals surface area contributed by atoms with E-state index in [1.807, 2.05) is 0 Å². The van der Waals surface area contributed by atoms with Crippen LogP contribution in [0.3, 0.4) is 0 Å². The monoisotopic (exact) mass is 1480 g/mol. The lowest BCUT2D eigenvalue weighted by Gasteiger charge is -2.21. The van der Waals surface area contributed by atoms with Gasteiger partial charge in [-0.15, -0.1) is 0 Å². The summed E-state index contributed by atoms with van der Waals surface area (Å²) in [4.78, 5) is 73.0. The van der Waals surface area contributed by atoms with Crippen molar-refractivity contribution >= 4 is 39.5 Å². The maximum Gasteiger partial charge on any atom is 0.472 e. The number of carbonyl (C=O) groups excluding carboxylic acids is 4. The fourth-order valence-corrected chi connectivity index (χ4v) is 14.2. The van der Waals surface area contributed by atoms with Gasteiger partial charge < -0.3 is 33.8 Å². The molecule has 0 heterocycles. The molecular weight excluding hydrogens is 1320 g/mol. The van der Waals surface area contributed by atoms with Crippen LogP contribution in [0.15, 0.2) is 0 Å². The van der Waals surface area contributed by atoms with Crippen LogP contribution in [0.5, 0.6) is 0 Å². The molecule has 0 aromatic heterocycles. The molecule has 0 aromatic rings. The Morgan fingerprint density at radius 1 is 0.287 bits per heavy atom. The van der Waals surface area contributed by atoms with Gasteiger partial charge >= 0.3 is 39.5 Å². The summed E-state index contributed by atoms with van der Waals surface area (Å²) in [5.41, 5.74) is 0. The third kappa shape index (κ3) is 74.7. The maximum atomic E-state index is 13.1. The van der Waals surface area contributed by atoms with Crippen LogP contribution in [0.1, 0.15) is 427 Å². The summed E-state index contributed by atoms with van der Waals surface area (Å²) in [5.74, 6) is 0.167. The average Bonchev–Trinajstić information content (AvgIpc) is 0.957. The molecule has 101 heavy (non-hydrogen) atoms. The van der Waals surface area contributed by atoms with Crippen LogP contribution < -0.4 is 0 Å². The number of rotatable bonds is 80. The molecule has 0 fully saturated rings. The van der Waals surface area contributed by atoms with Crippen molar-refractivity contribution in [3.63, 3.8) is 0 Å². The smallest absolute Gasteiger partial charge is 0.462 e. The van der Waals surface area contributed by atoms with Crippen molar-refractivity contribution in [3.05, 3.63) is 0 Å². The third-order valence-electron chi connectivity index (χ3n) is 19.5. The number of hydrogen-bond acceptors (Lipinski definition) is 15. The summed E-state index contributed by atoms with van der Waals surface area (Å²) >= 11 is 0. The summed E-state index contributed by atoms with van der Waals surface area (Å²) in [6.45, 7) is 11.9. The van der Waals surface area contributed by atoms with Gasteiger partial charge in [0.1, 0.15) is 19.3 Å². The van der Waals surface area contributed by atoms with Gasteiger partial charge in [-0.2, -0.15) is 0 Å². The van der Waals surface area contributed by atoms with Crippen molar-refractivity contribution < 1.29 is 80.2 Å². The predicted molar refractivity (Wildman–Crippen MR) is 414 cm³/mol. The molecule has 0 rings (SSSR count). The van der Waals surface area contributed by atoms with E-state index in [4.69, 9.17) is 37.0 Å². The highest BCUT2D eigenvalue weighted by Gasteiger charge is 2.30. The van der Waals surface area contributed by atoms with Gasteiger partial charge in [0.05, 0.1) is 26.4 Å². The van der Waals surface area contributed by atoms with Gasteiger partial charge in [0.15, 0.2) is 12.2 Å². The number of esters is 4. The Labute approximate surface area is 619 Å². The van der Waals surface area contributed by atoms with Crippen molar-refractivity contribution in [1.82, 2.24) is 0 Å². The van der Waals surface area contributed by atoms with Crippen molar-refractivity contribution in [2.24, 2.45) is 17.8 Å². The molecule has 0 bridgehead atoms. The van der Waals surface area contributed by atoms with E-state index in [0.717, 1.165) is 108 Å². The number of phosphoric ester groups is 2. The molecule has 0 aliphatic rings. The van der Waals surface area contributed by atoms with Crippen LogP contribution in [0.25, 0.3) is 0 Å². The lowest BCUT2D eigenvalue weighted by molar-refractivity contribution is -0.161. The first kappa shape index (κ1) is 99.1. The van der Waals surface area contributed by atoms with E-state index in [9.17, 15) is 43.2 Å². The topological polar surface area (TPSA) is 237 Å². The Balaban J connectivity index is 5.22. The van der Waals surface area contributed by atoms with Crippen molar-refractivity contribution in [2.75, 3.05) is 39.6 Å². The van der Waals surface area contributed by atoms with Gasteiger partial charge in [-0.1, -0.05) is 376 Å². The summed E-state index contributed by atoms with van der Waals surface area (Å²) in [6, 6.07) is 0. The van der Waals surface area contributed by atoms with Crippen LogP contribution in [0, 0.1) is 17.8 Å². The maximum absolute atomic E-state index is 13.1. The SMILES string of the molecule is CCCCCCCCCCCCCCCCCCCCCCCC(=O)O[C@H](COC(=O)CCCCCCCCCCCCCCCCCC(C)C)COP(=O)(O)OC[C@@H](O)COP(=O)(O)OC[C@@H](COC(=O)CCCCCCCCCC(C)C)OC(=O)CCCCCCCCCCC(C)CC. The molecule has 0 saturated carbocycles. The first-order valence-electron chi connectivity index (χ1n) is 42.4. The zero-order valence-electron chi connectivity index (χ0n) is 66.4. The summed E-state index contributed by atoms with van der Waals surface area (Å²) in [5, 5.41) is 10.6. The first-order chi connectivity index (χ1) is 48.8. The lowest BCUT2D eigenvalue weighted by Crippen LogP contribution is -2.30. The van der Waals surface area contributed by atoms with Crippen LogP contribution in [-0.2, 0) is 65.4 Å². The predicted octanol–water partition coefficient (Wildman–Crippen LogP) is 24.5. The fraction of sp³-hybridized carbons (Fsp3) is 0.951. The zero-order chi connectivity index (χ0) is 74.4. The van der Waals surface area contributed by atoms with Crippen LogP contribution in [0.2, 0.25) is 0 Å². The molecule has 0 aromatic carbocycles. The molecule has 0 saturated heterocycles. The molecule has 0 amide bonds. The Hall–Kier alpha value is -1.94. The lowest BCUT2D eigenvalue weighted by atomic mass is 9.99. The molecule has 0 spiro atoms. The standard InChI is InChI=1S/C82H160O17P2/c1-8-10-11-12-13-14-15-16-17-18-19-20-21-22-25-29-32-35-43-51-58-65-81(86)98-77(69-92-79(84)63-56-49-42-34-31-28-26-23-24-27-30-33-39-46-53-60-73(3)4)71-96-100(88,89)94-67-76(83)68-95-101(90,91)97-72-78(70-93-80(85)64-57-50-45-38-40-47-54-61-74(5)6)99-82(87)66-59-52-44-37-36-41-48-55-62-75(7)9-2/h73-78,83H,8-72H2,1-7H3,(H,88,89)(H,90,91)/t75?,76-,77-,78-/m1/s1. The van der Waals surface area contributed by atoms with E-state index in [0.29, 0.717) is 31.6 Å². The van der Waals surface area contributed by atoms with E-state index in [2.05, 4.69) is 48.5 Å². The molecule has 17 nitrogen and oxygen atoms in total. The highest BCUT2D eigenvalue weighted by atomic mass is 31.2. The van der Waals surface area contributed by atoms with Gasteiger partial charge in [0.25, 0.3) is 0 Å². The van der Waals surface area contributed by atoms with Gasteiger partial charge in [-0.3, -0.25) is 37.3 Å². The van der Waals surface area contributed by atoms with Gasteiger partial charge in [-0.25, -0.2) is 9.13 Å². The van der Waals surface area contributed by atoms with Crippen molar-refractivity contribution in [1.29, 1.82) is 0 Å². The van der Waals surface area contributed by atoms with Gasteiger partial charge in [-0.05, 0) is 43.4 Å². The minimum atomic E-state index is -4.96. The molecule has 3 unspecified atom stereocenters. The number of unbranched alkanes of at least 4 members (excludes halogenated alkanes) is 47. The van der Waals surface area contributed by atoms with Crippen LogP contribution in [-0.4, -0.2) is 96.7 Å². The summed E-state index contributed by atoms with van der Waals surface area (Å²) in [6.07, 6.45) is 61.3. The second-order valence-electron chi connectivity index (χ2n) is 30.7. The second-order valence-corrected chi connectivity index (χ2v) is 33.6. The van der Waals surface area contributed by atoms with Crippen molar-refractivity contribution in [2.45, 2.75) is 446 Å². The quantitative estimate of drug-likeness (QED) is 0.0222. The molecule has 0 radical (unpaired) electrons. The van der Waals surface area contributed by atoms with Crippen LogP contribution >= 0.6 is 15.6 Å². The number of hydrogen-bond donors (Lipinski definition) is 3. The summed E-state index contributed by atoms with van der Waals surface area (Å²) in [7, 11) is -9.92. The van der Waals surface area contributed by atoms with E-state index >= 15 is 0 Å². The van der Waals surface area contributed by atoms with E-state index < -0.39 is 97.5 Å². The first-order valence-corrected chi connectivity index (χ1v) is 45.4. The molecular formula is C82H160O17P2. The van der Waals surface area contributed by atoms with E-state index in [1.54, 1.807) is 0 Å². The number of aliphatic hydroxyl groups excluding tert-OH is 1. The second kappa shape index (κ2) is 72.3. The Morgan fingerprint density at radius 3 is 0.752 bits per heavy atom. The zero-order valence-corrected chi connectivity index (χ0v) is 68.2. The molecule has 6 atom stereocenters. The van der Waals surface area contributed by atoms with Crippen molar-refractivity contribution in [3.8, 4) is 0 Å². The Bertz CT molecular complexity index is 1960. The molecule has 19 heteroatoms. The highest BCUT2D eigenvalue weighted by molar-refractivity contribution is 7.47. The third-order valence-corrected chi connectivity index (χ3v) is 21.4. The summed E-state index contributed by atoms with van der Waals surface area (Å²) < 4.78 is 68.7. The molecule has 3 N–H and O–H groups in total. The van der Waals surface area contributed by atoms with Gasteiger partial charge in [0.2, 0.25) is 0 Å². The largest absolute Gasteiger partial charge is 0.472 e. The Morgan fingerprint density at radius 2 is 0.505 bits per heavy atom. The average molecular weight is 1480 g/mol. The van der Waals surface area contributed by atoms with Gasteiger partial charge in [0, 0.05) is 25.7 Å². The number of phosphoric acid groups is 2. The minimum Gasteiger partial charge on any atom is -0.462 e. The number of aliphatic hydroxyl groups is 1. The van der Waals surface area contributed by atoms with Crippen LogP contribution in [0.4, 0.5) is 0 Å². The molecule has 0 aliphatic carbocycles. The normalized spacial score (nSPS) is 14.2. The molecule has 600 valence electrons. The number of carbonyl (C=O) groups is 4. The Kier molecular flexibility index (Phi) is 70.9. The fourth-order valence-electron chi connectivity index (χ4n) is 12.6. The minimum absolute atomic E-state index is 0.104.